The van der Waals surface area contributed by atoms with Crippen molar-refractivity contribution in [3.05, 3.63) is 12.2 Å². The first-order valence-electron chi connectivity index (χ1n) is 6.51. The second-order valence-electron chi connectivity index (χ2n) is 6.54. The van der Waals surface area contributed by atoms with Crippen molar-refractivity contribution < 1.29 is 14.6 Å². The summed E-state index contributed by atoms with van der Waals surface area (Å²) in [5.74, 6) is 0.786. The molecular formula is C14H20O3. The summed E-state index contributed by atoms with van der Waals surface area (Å²) >= 11 is 0. The van der Waals surface area contributed by atoms with Crippen LogP contribution in [0.25, 0.3) is 0 Å². The van der Waals surface area contributed by atoms with Crippen LogP contribution in [0, 0.1) is 11.8 Å². The minimum absolute atomic E-state index is 0.296. The van der Waals surface area contributed by atoms with Gasteiger partial charge in [-0.2, -0.15) is 0 Å². The summed E-state index contributed by atoms with van der Waals surface area (Å²) in [7, 11) is 0. The van der Waals surface area contributed by atoms with Crippen molar-refractivity contribution in [1.82, 2.24) is 0 Å². The molecule has 0 amide bonds. The first kappa shape index (κ1) is 11.3. The quantitative estimate of drug-likeness (QED) is 0.590. The van der Waals surface area contributed by atoms with Crippen molar-refractivity contribution >= 4 is 5.97 Å². The summed E-state index contributed by atoms with van der Waals surface area (Å²) in [5.41, 5.74) is -0.512. The lowest BCUT2D eigenvalue weighted by atomic mass is 9.52. The first-order chi connectivity index (χ1) is 7.90. The van der Waals surface area contributed by atoms with Gasteiger partial charge < -0.3 is 9.84 Å². The van der Waals surface area contributed by atoms with Crippen molar-refractivity contribution in [2.45, 2.75) is 56.7 Å². The molecule has 0 aromatic rings. The van der Waals surface area contributed by atoms with E-state index in [1.54, 1.807) is 6.92 Å². The van der Waals surface area contributed by atoms with Crippen LogP contribution in [-0.4, -0.2) is 22.3 Å². The van der Waals surface area contributed by atoms with Crippen LogP contribution in [0.4, 0.5) is 0 Å². The molecule has 0 saturated heterocycles. The Morgan fingerprint density at radius 1 is 1.29 bits per heavy atom. The largest absolute Gasteiger partial charge is 0.456 e. The third-order valence-electron chi connectivity index (χ3n) is 4.63. The monoisotopic (exact) mass is 236 g/mol. The Kier molecular flexibility index (Phi) is 2.22. The normalized spacial score (nSPS) is 46.9. The van der Waals surface area contributed by atoms with Crippen molar-refractivity contribution in [3.63, 3.8) is 0 Å². The summed E-state index contributed by atoms with van der Waals surface area (Å²) in [6, 6.07) is 0. The van der Waals surface area contributed by atoms with Crippen LogP contribution in [0.15, 0.2) is 12.2 Å². The molecule has 4 bridgehead atoms. The van der Waals surface area contributed by atoms with Gasteiger partial charge in [0.05, 0.1) is 5.60 Å². The van der Waals surface area contributed by atoms with E-state index in [9.17, 15) is 9.90 Å². The molecule has 4 saturated carbocycles. The molecule has 2 atom stereocenters. The maximum atomic E-state index is 11.7. The lowest BCUT2D eigenvalue weighted by molar-refractivity contribution is -0.217. The Morgan fingerprint density at radius 3 is 2.35 bits per heavy atom. The maximum absolute atomic E-state index is 11.7. The van der Waals surface area contributed by atoms with E-state index in [-0.39, 0.29) is 5.97 Å². The zero-order valence-corrected chi connectivity index (χ0v) is 10.4. The highest BCUT2D eigenvalue weighted by Crippen LogP contribution is 2.58. The fourth-order valence-electron chi connectivity index (χ4n) is 4.53. The molecule has 0 aliphatic heterocycles. The van der Waals surface area contributed by atoms with E-state index >= 15 is 0 Å². The van der Waals surface area contributed by atoms with E-state index in [1.165, 1.54) is 6.42 Å². The minimum atomic E-state index is -0.570. The Hall–Kier alpha value is -0.830. The highest BCUT2D eigenvalue weighted by molar-refractivity contribution is 5.87. The van der Waals surface area contributed by atoms with Gasteiger partial charge in [-0.15, -0.1) is 0 Å². The van der Waals surface area contributed by atoms with E-state index in [1.807, 2.05) is 0 Å². The second-order valence-corrected chi connectivity index (χ2v) is 6.54. The molecule has 4 aliphatic carbocycles. The molecule has 3 heteroatoms. The molecule has 0 unspecified atom stereocenters. The summed E-state index contributed by atoms with van der Waals surface area (Å²) in [4.78, 5) is 11.7. The Morgan fingerprint density at radius 2 is 1.88 bits per heavy atom. The van der Waals surface area contributed by atoms with Gasteiger partial charge in [0.15, 0.2) is 0 Å². The van der Waals surface area contributed by atoms with E-state index in [0.717, 1.165) is 25.7 Å². The van der Waals surface area contributed by atoms with Crippen molar-refractivity contribution in [2.75, 3.05) is 0 Å². The van der Waals surface area contributed by atoms with Gasteiger partial charge in [0.1, 0.15) is 5.60 Å². The minimum Gasteiger partial charge on any atom is -0.456 e. The van der Waals surface area contributed by atoms with Gasteiger partial charge in [-0.05, 0) is 50.9 Å². The number of carbonyl (C=O) groups is 1. The summed E-state index contributed by atoms with van der Waals surface area (Å²) in [5, 5.41) is 10.5. The number of ether oxygens (including phenoxy) is 1. The van der Waals surface area contributed by atoms with Crippen LogP contribution >= 0.6 is 0 Å². The zero-order chi connectivity index (χ0) is 12.3. The number of aliphatic hydroxyl groups is 1. The molecule has 0 aromatic carbocycles. The van der Waals surface area contributed by atoms with Crippen LogP contribution < -0.4 is 0 Å². The van der Waals surface area contributed by atoms with E-state index in [0.29, 0.717) is 23.8 Å². The highest BCUT2D eigenvalue weighted by atomic mass is 16.6. The third-order valence-corrected chi connectivity index (χ3v) is 4.63. The molecule has 4 rings (SSSR count). The SMILES string of the molecule is C=C(C)C(=O)OC12C[C@H]3C[C@@H](CC(O)(C3)C1)C2. The number of hydrogen-bond acceptors (Lipinski definition) is 3. The topological polar surface area (TPSA) is 46.5 Å². The molecule has 0 spiro atoms. The molecular weight excluding hydrogens is 216 g/mol. The summed E-state index contributed by atoms with van der Waals surface area (Å²) in [6.07, 6.45) is 5.50. The average Bonchev–Trinajstić information content (AvgIpc) is 2.11. The molecule has 0 heterocycles. The molecule has 4 aliphatic rings. The van der Waals surface area contributed by atoms with Crippen LogP contribution in [0.2, 0.25) is 0 Å². The molecule has 17 heavy (non-hydrogen) atoms. The molecule has 4 fully saturated rings. The van der Waals surface area contributed by atoms with Gasteiger partial charge in [-0.25, -0.2) is 4.79 Å². The Bertz CT molecular complexity index is 371. The van der Waals surface area contributed by atoms with Gasteiger partial charge in [0.2, 0.25) is 0 Å². The number of hydrogen-bond donors (Lipinski definition) is 1. The van der Waals surface area contributed by atoms with E-state index in [4.69, 9.17) is 4.74 Å². The van der Waals surface area contributed by atoms with E-state index in [2.05, 4.69) is 6.58 Å². The standard InChI is InChI=1S/C14H20O3/c1-9(2)12(15)17-14-6-10-3-11(7-14)5-13(16,4-10)8-14/h10-11,16H,1,3-8H2,2H3/t10-,11-,13?,14?/m0/s1. The number of esters is 1. The van der Waals surface area contributed by atoms with Crippen molar-refractivity contribution in [3.8, 4) is 0 Å². The van der Waals surface area contributed by atoms with Crippen LogP contribution in [-0.2, 0) is 9.53 Å². The Labute approximate surface area is 102 Å². The zero-order valence-electron chi connectivity index (χ0n) is 10.4. The molecule has 1 N–H and O–H groups in total. The maximum Gasteiger partial charge on any atom is 0.333 e. The molecule has 94 valence electrons. The first-order valence-corrected chi connectivity index (χ1v) is 6.51. The van der Waals surface area contributed by atoms with Gasteiger partial charge in [0.25, 0.3) is 0 Å². The number of carbonyl (C=O) groups excluding carboxylic acids is 1. The third kappa shape index (κ3) is 1.81. The molecule has 0 radical (unpaired) electrons. The van der Waals surface area contributed by atoms with Crippen LogP contribution in [0.1, 0.15) is 45.4 Å². The predicted molar refractivity (Wildman–Crippen MR) is 63.3 cm³/mol. The van der Waals surface area contributed by atoms with E-state index < -0.39 is 11.2 Å². The summed E-state index contributed by atoms with van der Waals surface area (Å²) in [6.45, 7) is 5.31. The van der Waals surface area contributed by atoms with Crippen molar-refractivity contribution in [1.29, 1.82) is 0 Å². The summed E-state index contributed by atoms with van der Waals surface area (Å²) < 4.78 is 5.68. The average molecular weight is 236 g/mol. The fourth-order valence-corrected chi connectivity index (χ4v) is 4.53. The fraction of sp³-hybridized carbons (Fsp3) is 0.786. The highest BCUT2D eigenvalue weighted by Gasteiger charge is 2.59. The van der Waals surface area contributed by atoms with Gasteiger partial charge in [0, 0.05) is 12.0 Å². The van der Waals surface area contributed by atoms with Crippen LogP contribution in [0.3, 0.4) is 0 Å². The number of rotatable bonds is 2. The lowest BCUT2D eigenvalue weighted by Crippen LogP contribution is -2.60. The predicted octanol–water partition coefficient (Wildman–Crippen LogP) is 2.19. The second kappa shape index (κ2) is 3.35. The van der Waals surface area contributed by atoms with Gasteiger partial charge >= 0.3 is 5.97 Å². The van der Waals surface area contributed by atoms with Crippen molar-refractivity contribution in [2.24, 2.45) is 11.8 Å². The van der Waals surface area contributed by atoms with Gasteiger partial charge in [-0.1, -0.05) is 6.58 Å². The Balaban J connectivity index is 1.83. The van der Waals surface area contributed by atoms with Crippen LogP contribution in [0.5, 0.6) is 0 Å². The molecule has 0 aromatic heterocycles. The molecule has 3 nitrogen and oxygen atoms in total. The lowest BCUT2D eigenvalue weighted by Gasteiger charge is -2.59. The smallest absolute Gasteiger partial charge is 0.333 e. The van der Waals surface area contributed by atoms with Gasteiger partial charge in [-0.3, -0.25) is 0 Å².